The Labute approximate surface area is 126 Å². The van der Waals surface area contributed by atoms with Crippen LogP contribution in [0.3, 0.4) is 0 Å². The number of hydrogen-bond acceptors (Lipinski definition) is 2. The molecule has 0 radical (unpaired) electrons. The molecule has 1 aromatic heterocycles. The van der Waals surface area contributed by atoms with Crippen molar-refractivity contribution in [1.29, 1.82) is 5.26 Å². The van der Waals surface area contributed by atoms with E-state index in [1.165, 1.54) is 0 Å². The molecule has 112 valence electrons. The van der Waals surface area contributed by atoms with Crippen LogP contribution in [0.1, 0.15) is 46.1 Å². The smallest absolute Gasteiger partial charge is 0.239 e. The lowest BCUT2D eigenvalue weighted by atomic mass is 10.0. The highest BCUT2D eigenvalue weighted by Gasteiger charge is 2.29. The third-order valence-corrected chi connectivity index (χ3v) is 4.11. The molecule has 1 unspecified atom stereocenters. The molecule has 0 saturated heterocycles. The Morgan fingerprint density at radius 3 is 2.64 bits per heavy atom. The molecule has 1 aromatic carbocycles. The van der Waals surface area contributed by atoms with Gasteiger partial charge in [0.05, 0.1) is 17.3 Å². The summed E-state index contributed by atoms with van der Waals surface area (Å²) in [5.41, 5.74) is 2.33. The van der Waals surface area contributed by atoms with Crippen molar-refractivity contribution in [3.05, 3.63) is 58.9 Å². The Bertz CT molecular complexity index is 741. The number of benzene rings is 1. The number of fused-ring (bicyclic) bond motifs is 1. The molecule has 0 saturated carbocycles. The van der Waals surface area contributed by atoms with Crippen LogP contribution < -0.4 is 0 Å². The van der Waals surface area contributed by atoms with Crippen LogP contribution in [0.15, 0.2) is 36.4 Å². The minimum atomic E-state index is -2.33. The third kappa shape index (κ3) is 2.52. The van der Waals surface area contributed by atoms with Crippen LogP contribution in [-0.4, -0.2) is 16.8 Å². The van der Waals surface area contributed by atoms with Crippen molar-refractivity contribution in [2.24, 2.45) is 0 Å². The van der Waals surface area contributed by atoms with Crippen molar-refractivity contribution in [3.63, 3.8) is 0 Å². The summed E-state index contributed by atoms with van der Waals surface area (Å²) in [7, 11) is 0. The molecule has 1 aliphatic heterocycles. The fraction of sp³-hybridized carbons (Fsp3) is 0.294. The lowest BCUT2D eigenvalue weighted by Crippen LogP contribution is -2.09. The van der Waals surface area contributed by atoms with E-state index >= 15 is 0 Å². The number of nitriles is 1. The van der Waals surface area contributed by atoms with Gasteiger partial charge in [-0.05, 0) is 42.8 Å². The molecule has 0 N–H and O–H groups in total. The van der Waals surface area contributed by atoms with E-state index < -0.39 is 6.43 Å². The van der Waals surface area contributed by atoms with Gasteiger partial charge in [0, 0.05) is 30.1 Å². The highest BCUT2D eigenvalue weighted by Crippen LogP contribution is 2.35. The quantitative estimate of drug-likeness (QED) is 0.808. The number of carbonyl (C=O) groups excluding carboxylic acids is 1. The first-order valence-corrected chi connectivity index (χ1v) is 7.12. The number of rotatable bonds is 4. The average Bonchev–Trinajstić information content (AvgIpc) is 3.09. The van der Waals surface area contributed by atoms with E-state index in [1.807, 2.05) is 10.6 Å². The Balaban J connectivity index is 1.87. The normalized spacial score (nSPS) is 16.5. The maximum atomic E-state index is 12.6. The van der Waals surface area contributed by atoms with Crippen LogP contribution in [0, 0.1) is 11.3 Å². The molecule has 1 atom stereocenters. The number of halogens is 2. The van der Waals surface area contributed by atoms with Crippen molar-refractivity contribution in [2.45, 2.75) is 31.7 Å². The summed E-state index contributed by atoms with van der Waals surface area (Å²) in [6.07, 6.45) is -1.84. The zero-order valence-electron chi connectivity index (χ0n) is 11.8. The largest absolute Gasteiger partial charge is 0.342 e. The van der Waals surface area contributed by atoms with E-state index in [-0.39, 0.29) is 18.1 Å². The molecule has 2 heterocycles. The van der Waals surface area contributed by atoms with Gasteiger partial charge in [-0.1, -0.05) is 0 Å². The molecule has 0 aliphatic carbocycles. The van der Waals surface area contributed by atoms with Crippen LogP contribution in [0.25, 0.3) is 0 Å². The first-order chi connectivity index (χ1) is 10.6. The number of nitrogens with zero attached hydrogens (tertiary/aromatic N) is 2. The van der Waals surface area contributed by atoms with Crippen LogP contribution >= 0.6 is 0 Å². The van der Waals surface area contributed by atoms with Gasteiger partial charge in [-0.2, -0.15) is 5.26 Å². The number of carbonyl (C=O) groups is 1. The number of hydrogen-bond donors (Lipinski definition) is 0. The predicted molar refractivity (Wildman–Crippen MR) is 77.0 cm³/mol. The minimum Gasteiger partial charge on any atom is -0.342 e. The second kappa shape index (κ2) is 5.72. The summed E-state index contributed by atoms with van der Waals surface area (Å²) in [5, 5.41) is 8.78. The van der Waals surface area contributed by atoms with Gasteiger partial charge in [-0.25, -0.2) is 8.78 Å². The van der Waals surface area contributed by atoms with E-state index in [9.17, 15) is 13.6 Å². The first kappa shape index (κ1) is 14.5. The van der Waals surface area contributed by atoms with Crippen molar-refractivity contribution in [1.82, 2.24) is 4.57 Å². The molecule has 0 fully saturated rings. The fourth-order valence-corrected chi connectivity index (χ4v) is 3.02. The molecule has 0 spiro atoms. The molecule has 3 nitrogen and oxygen atoms in total. The van der Waals surface area contributed by atoms with Gasteiger partial charge in [0.2, 0.25) is 12.2 Å². The van der Waals surface area contributed by atoms with Gasteiger partial charge < -0.3 is 4.57 Å². The molecule has 1 aliphatic rings. The fourth-order valence-electron chi connectivity index (χ4n) is 3.02. The topological polar surface area (TPSA) is 45.8 Å². The highest BCUT2D eigenvalue weighted by molar-refractivity contribution is 6.08. The average molecular weight is 300 g/mol. The van der Waals surface area contributed by atoms with Gasteiger partial charge in [0.15, 0.2) is 0 Å². The second-order valence-electron chi connectivity index (χ2n) is 5.43. The molecule has 0 amide bonds. The molecular formula is C17H14F2N2O. The Kier molecular flexibility index (Phi) is 3.76. The molecular weight excluding hydrogens is 286 g/mol. The van der Waals surface area contributed by atoms with Crippen LogP contribution in [-0.2, 0) is 6.54 Å². The molecule has 0 bridgehead atoms. The lowest BCUT2D eigenvalue weighted by Gasteiger charge is -2.08. The third-order valence-electron chi connectivity index (χ3n) is 4.11. The van der Waals surface area contributed by atoms with Gasteiger partial charge >= 0.3 is 0 Å². The van der Waals surface area contributed by atoms with E-state index in [2.05, 4.69) is 0 Å². The molecule has 3 rings (SSSR count). The van der Waals surface area contributed by atoms with Crippen molar-refractivity contribution < 1.29 is 13.6 Å². The summed E-state index contributed by atoms with van der Waals surface area (Å²) < 4.78 is 27.0. The number of ketones is 1. The van der Waals surface area contributed by atoms with Crippen molar-refractivity contribution in [3.8, 4) is 6.07 Å². The van der Waals surface area contributed by atoms with Crippen molar-refractivity contribution >= 4 is 5.78 Å². The van der Waals surface area contributed by atoms with Crippen molar-refractivity contribution in [2.75, 3.05) is 0 Å². The maximum Gasteiger partial charge on any atom is 0.239 e. The Morgan fingerprint density at radius 1 is 1.27 bits per heavy atom. The molecule has 22 heavy (non-hydrogen) atoms. The van der Waals surface area contributed by atoms with Crippen LogP contribution in [0.2, 0.25) is 0 Å². The van der Waals surface area contributed by atoms with Crippen LogP contribution in [0.4, 0.5) is 8.78 Å². The summed E-state index contributed by atoms with van der Waals surface area (Å²) in [5.74, 6) is -0.323. The lowest BCUT2D eigenvalue weighted by molar-refractivity contribution is 0.103. The Hall–Kier alpha value is -2.48. The molecule has 2 aromatic rings. The first-order valence-electron chi connectivity index (χ1n) is 7.12. The SMILES string of the molecule is N#Cc1ccc(C(=O)c2ccc3n2CCC3CC(F)F)cc1. The van der Waals surface area contributed by atoms with E-state index in [0.717, 1.165) is 5.69 Å². The van der Waals surface area contributed by atoms with Gasteiger partial charge in [-0.3, -0.25) is 4.79 Å². The highest BCUT2D eigenvalue weighted by atomic mass is 19.3. The zero-order chi connectivity index (χ0) is 15.7. The Morgan fingerprint density at radius 2 is 2.00 bits per heavy atom. The van der Waals surface area contributed by atoms with E-state index in [4.69, 9.17) is 5.26 Å². The van der Waals surface area contributed by atoms with E-state index in [0.29, 0.717) is 29.8 Å². The summed E-state index contributed by atoms with van der Waals surface area (Å²) >= 11 is 0. The number of alkyl halides is 2. The van der Waals surface area contributed by atoms with E-state index in [1.54, 1.807) is 36.4 Å². The maximum absolute atomic E-state index is 12.6. The van der Waals surface area contributed by atoms with Crippen LogP contribution in [0.5, 0.6) is 0 Å². The summed E-state index contributed by atoms with van der Waals surface area (Å²) in [6.45, 7) is 0.594. The molecule has 5 heteroatoms. The second-order valence-corrected chi connectivity index (χ2v) is 5.43. The standard InChI is InChI=1S/C17H14F2N2O/c18-16(19)9-13-7-8-21-14(13)5-6-15(21)17(22)12-3-1-11(10-20)2-4-12/h1-6,13,16H,7-9H2. The van der Waals surface area contributed by atoms with Gasteiger partial charge in [0.1, 0.15) is 0 Å². The zero-order valence-corrected chi connectivity index (χ0v) is 11.8. The summed E-state index contributed by atoms with van der Waals surface area (Å²) in [4.78, 5) is 12.5. The number of aromatic nitrogens is 1. The van der Waals surface area contributed by atoms with Gasteiger partial charge in [-0.15, -0.1) is 0 Å². The summed E-state index contributed by atoms with van der Waals surface area (Å²) in [6, 6.07) is 11.9. The van der Waals surface area contributed by atoms with Gasteiger partial charge in [0.25, 0.3) is 0 Å². The predicted octanol–water partition coefficient (Wildman–Crippen LogP) is 3.73. The minimum absolute atomic E-state index is 0.145. The monoisotopic (exact) mass is 300 g/mol.